The van der Waals surface area contributed by atoms with Gasteiger partial charge in [-0.15, -0.1) is 0 Å². The van der Waals surface area contributed by atoms with Crippen LogP contribution in [0, 0.1) is 0 Å². The quantitative estimate of drug-likeness (QED) is 0.853. The number of fused-ring (bicyclic) bond motifs is 1. The highest BCUT2D eigenvalue weighted by atomic mass is 16.5. The molecule has 2 rings (SSSR count). The molecular weight excluding hydrogens is 236 g/mol. The Morgan fingerprint density at radius 3 is 2.79 bits per heavy atom. The highest BCUT2D eigenvalue weighted by Gasteiger charge is 2.32. The van der Waals surface area contributed by atoms with Gasteiger partial charge < -0.3 is 10.1 Å². The van der Waals surface area contributed by atoms with Crippen molar-refractivity contribution >= 4 is 0 Å². The van der Waals surface area contributed by atoms with Crippen LogP contribution in [-0.2, 0) is 0 Å². The van der Waals surface area contributed by atoms with Gasteiger partial charge in [-0.3, -0.25) is 4.90 Å². The summed E-state index contributed by atoms with van der Waals surface area (Å²) in [5, 5.41) is 3.48. The van der Waals surface area contributed by atoms with E-state index < -0.39 is 0 Å². The summed E-state index contributed by atoms with van der Waals surface area (Å²) in [5.41, 5.74) is 1.29. The highest BCUT2D eigenvalue weighted by Crippen LogP contribution is 2.33. The minimum absolute atomic E-state index is 0.363. The number of para-hydroxylation sites is 1. The van der Waals surface area contributed by atoms with Gasteiger partial charge in [-0.1, -0.05) is 38.5 Å². The van der Waals surface area contributed by atoms with Crippen LogP contribution < -0.4 is 10.1 Å². The lowest BCUT2D eigenvalue weighted by Gasteiger charge is -2.40. The summed E-state index contributed by atoms with van der Waals surface area (Å²) >= 11 is 0. The fourth-order valence-corrected chi connectivity index (χ4v) is 2.93. The molecule has 0 aliphatic carbocycles. The summed E-state index contributed by atoms with van der Waals surface area (Å²) in [5.74, 6) is 1.03. The van der Waals surface area contributed by atoms with Crippen LogP contribution in [0.1, 0.15) is 38.3 Å². The van der Waals surface area contributed by atoms with Crippen molar-refractivity contribution in [1.82, 2.24) is 10.2 Å². The van der Waals surface area contributed by atoms with Gasteiger partial charge >= 0.3 is 0 Å². The normalized spacial score (nSPS) is 22.1. The second-order valence-electron chi connectivity index (χ2n) is 5.16. The van der Waals surface area contributed by atoms with Gasteiger partial charge in [0.15, 0.2) is 0 Å². The van der Waals surface area contributed by atoms with Gasteiger partial charge in [0.1, 0.15) is 12.4 Å². The van der Waals surface area contributed by atoms with Crippen molar-refractivity contribution in [2.75, 3.05) is 26.7 Å². The molecule has 3 heteroatoms. The molecule has 1 heterocycles. The minimum Gasteiger partial charge on any atom is -0.492 e. The molecule has 0 radical (unpaired) electrons. The molecule has 19 heavy (non-hydrogen) atoms. The largest absolute Gasteiger partial charge is 0.492 e. The van der Waals surface area contributed by atoms with Crippen LogP contribution in [0.15, 0.2) is 24.3 Å². The van der Waals surface area contributed by atoms with Crippen molar-refractivity contribution in [1.29, 1.82) is 0 Å². The third-order valence-electron chi connectivity index (χ3n) is 4.03. The van der Waals surface area contributed by atoms with E-state index >= 15 is 0 Å². The van der Waals surface area contributed by atoms with E-state index in [0.29, 0.717) is 12.1 Å². The maximum atomic E-state index is 5.95. The summed E-state index contributed by atoms with van der Waals surface area (Å²) in [6, 6.07) is 9.17. The second-order valence-corrected chi connectivity index (χ2v) is 5.16. The zero-order chi connectivity index (χ0) is 13.7. The first kappa shape index (κ1) is 14.4. The lowest BCUT2D eigenvalue weighted by atomic mass is 9.95. The molecule has 1 aliphatic rings. The first-order chi connectivity index (χ1) is 9.31. The third kappa shape index (κ3) is 3.10. The average Bonchev–Trinajstić information content (AvgIpc) is 2.47. The van der Waals surface area contributed by atoms with Crippen LogP contribution in [0.4, 0.5) is 0 Å². The maximum Gasteiger partial charge on any atom is 0.124 e. The SMILES string of the molecule is CCCCN(CC)C1COc2ccccc2C1NC. The average molecular weight is 262 g/mol. The molecule has 1 aromatic carbocycles. The van der Waals surface area contributed by atoms with Crippen LogP contribution in [0.2, 0.25) is 0 Å². The number of ether oxygens (including phenoxy) is 1. The molecule has 2 atom stereocenters. The molecule has 1 aliphatic heterocycles. The first-order valence-electron chi connectivity index (χ1n) is 7.44. The van der Waals surface area contributed by atoms with Gasteiger partial charge in [-0.05, 0) is 32.6 Å². The smallest absolute Gasteiger partial charge is 0.124 e. The Morgan fingerprint density at radius 2 is 2.11 bits per heavy atom. The van der Waals surface area contributed by atoms with Crippen LogP contribution >= 0.6 is 0 Å². The number of benzene rings is 1. The molecule has 0 fully saturated rings. The predicted octanol–water partition coefficient (Wildman–Crippen LogP) is 2.83. The van der Waals surface area contributed by atoms with Crippen LogP contribution in [-0.4, -0.2) is 37.7 Å². The summed E-state index contributed by atoms with van der Waals surface area (Å²) in [6.07, 6.45) is 2.49. The molecule has 0 amide bonds. The highest BCUT2D eigenvalue weighted by molar-refractivity contribution is 5.38. The Balaban J connectivity index is 2.18. The van der Waals surface area contributed by atoms with E-state index in [2.05, 4.69) is 42.3 Å². The molecule has 0 saturated carbocycles. The van der Waals surface area contributed by atoms with E-state index in [0.717, 1.165) is 25.4 Å². The van der Waals surface area contributed by atoms with Crippen molar-refractivity contribution in [3.63, 3.8) is 0 Å². The summed E-state index contributed by atoms with van der Waals surface area (Å²) < 4.78 is 5.95. The van der Waals surface area contributed by atoms with Gasteiger partial charge in [0.2, 0.25) is 0 Å². The molecule has 2 unspecified atom stereocenters. The van der Waals surface area contributed by atoms with E-state index in [-0.39, 0.29) is 0 Å². The fourth-order valence-electron chi connectivity index (χ4n) is 2.93. The van der Waals surface area contributed by atoms with E-state index in [1.54, 1.807) is 0 Å². The zero-order valence-electron chi connectivity index (χ0n) is 12.4. The lowest BCUT2D eigenvalue weighted by molar-refractivity contribution is 0.0910. The number of hydrogen-bond acceptors (Lipinski definition) is 3. The standard InChI is InChI=1S/C16H26N2O/c1-4-6-11-18(5-2)14-12-19-15-10-8-7-9-13(15)16(14)17-3/h7-10,14,16-17H,4-6,11-12H2,1-3H3. The predicted molar refractivity (Wildman–Crippen MR) is 79.7 cm³/mol. The van der Waals surface area contributed by atoms with Crippen LogP contribution in [0.5, 0.6) is 5.75 Å². The molecular formula is C16H26N2O. The van der Waals surface area contributed by atoms with Crippen molar-refractivity contribution in [2.45, 2.75) is 38.8 Å². The lowest BCUT2D eigenvalue weighted by Crippen LogP contribution is -2.49. The maximum absolute atomic E-state index is 5.95. The number of unbranched alkanes of at least 4 members (excludes halogenated alkanes) is 1. The number of nitrogens with one attached hydrogen (secondary N) is 1. The number of likely N-dealkylation sites (N-methyl/N-ethyl adjacent to an activating group) is 2. The topological polar surface area (TPSA) is 24.5 Å². The molecule has 0 spiro atoms. The third-order valence-corrected chi connectivity index (χ3v) is 4.03. The Labute approximate surface area is 116 Å². The monoisotopic (exact) mass is 262 g/mol. The Hall–Kier alpha value is -1.06. The Bertz CT molecular complexity index is 394. The molecule has 1 aromatic rings. The van der Waals surface area contributed by atoms with Crippen LogP contribution in [0.3, 0.4) is 0 Å². The van der Waals surface area contributed by atoms with E-state index in [4.69, 9.17) is 4.74 Å². The molecule has 0 aromatic heterocycles. The van der Waals surface area contributed by atoms with E-state index in [1.807, 2.05) is 13.1 Å². The van der Waals surface area contributed by atoms with E-state index in [1.165, 1.54) is 18.4 Å². The molecule has 0 bridgehead atoms. The Morgan fingerprint density at radius 1 is 1.32 bits per heavy atom. The fraction of sp³-hybridized carbons (Fsp3) is 0.625. The van der Waals surface area contributed by atoms with Crippen molar-refractivity contribution < 1.29 is 4.74 Å². The summed E-state index contributed by atoms with van der Waals surface area (Å²) in [6.45, 7) is 7.49. The van der Waals surface area contributed by atoms with Crippen molar-refractivity contribution in [3.05, 3.63) is 29.8 Å². The van der Waals surface area contributed by atoms with Gasteiger partial charge in [0.25, 0.3) is 0 Å². The van der Waals surface area contributed by atoms with Gasteiger partial charge in [0, 0.05) is 5.56 Å². The zero-order valence-corrected chi connectivity index (χ0v) is 12.4. The Kier molecular flexibility index (Phi) is 5.23. The van der Waals surface area contributed by atoms with Crippen molar-refractivity contribution in [2.24, 2.45) is 0 Å². The van der Waals surface area contributed by atoms with Gasteiger partial charge in [-0.25, -0.2) is 0 Å². The minimum atomic E-state index is 0.363. The number of rotatable bonds is 6. The van der Waals surface area contributed by atoms with Crippen LogP contribution in [0.25, 0.3) is 0 Å². The molecule has 0 saturated heterocycles. The molecule has 3 nitrogen and oxygen atoms in total. The van der Waals surface area contributed by atoms with Crippen molar-refractivity contribution in [3.8, 4) is 5.75 Å². The van der Waals surface area contributed by atoms with Gasteiger partial charge in [0.05, 0.1) is 12.1 Å². The van der Waals surface area contributed by atoms with Gasteiger partial charge in [-0.2, -0.15) is 0 Å². The summed E-state index contributed by atoms with van der Waals surface area (Å²) in [4.78, 5) is 2.54. The second kappa shape index (κ2) is 6.92. The molecule has 1 N–H and O–H groups in total. The first-order valence-corrected chi connectivity index (χ1v) is 7.44. The number of nitrogens with zero attached hydrogens (tertiary/aromatic N) is 1. The van der Waals surface area contributed by atoms with E-state index in [9.17, 15) is 0 Å². The molecule has 106 valence electrons. The summed E-state index contributed by atoms with van der Waals surface area (Å²) in [7, 11) is 2.05. The number of hydrogen-bond donors (Lipinski definition) is 1.